The minimum Gasteiger partial charge on any atom is -0.504 e. The zero-order chi connectivity index (χ0) is 26.0. The second-order valence-corrected chi connectivity index (χ2v) is 12.9. The van der Waals surface area contributed by atoms with Gasteiger partial charge >= 0.3 is 11.9 Å². The third-order valence-electron chi connectivity index (χ3n) is 10.2. The van der Waals surface area contributed by atoms with E-state index in [9.17, 15) is 24.3 Å². The molecule has 1 aliphatic heterocycles. The van der Waals surface area contributed by atoms with E-state index < -0.39 is 27.7 Å². The number of ketones is 1. The van der Waals surface area contributed by atoms with E-state index in [1.54, 1.807) is 19.1 Å². The Morgan fingerprint density at radius 1 is 1.19 bits per heavy atom. The number of allylic oxidation sites excluding steroid dienone is 3. The summed E-state index contributed by atoms with van der Waals surface area (Å²) in [6.45, 7) is 8.28. The molecule has 1 saturated heterocycles. The molecule has 0 bridgehead atoms. The largest absolute Gasteiger partial charge is 0.504 e. The number of cyclic esters (lactones) is 1. The molecule has 0 radical (unpaired) electrons. The molecule has 5 aliphatic rings. The molecule has 5 rings (SSSR count). The lowest BCUT2D eigenvalue weighted by atomic mass is 9.47. The number of carbonyl (C=O) groups excluding carboxylic acids is 4. The molecule has 0 aromatic rings. The molecule has 0 aromatic heterocycles. The van der Waals surface area contributed by atoms with Crippen LogP contribution in [0, 0.1) is 34.5 Å². The van der Waals surface area contributed by atoms with Crippen molar-refractivity contribution in [2.45, 2.75) is 83.5 Å². The molecule has 0 unspecified atom stereocenters. The Morgan fingerprint density at radius 3 is 2.61 bits per heavy atom. The van der Waals surface area contributed by atoms with E-state index in [0.29, 0.717) is 19.4 Å². The number of rotatable bonds is 4. The summed E-state index contributed by atoms with van der Waals surface area (Å²) < 4.78 is 11.3. The molecule has 0 aromatic carbocycles. The highest BCUT2D eigenvalue weighted by Crippen LogP contribution is 2.70. The van der Waals surface area contributed by atoms with Crippen molar-refractivity contribution in [2.75, 3.05) is 6.61 Å². The molecule has 8 heteroatoms. The number of hydrogen-bond acceptors (Lipinski definition) is 8. The number of hydrogen-bond donors (Lipinski definition) is 1. The summed E-state index contributed by atoms with van der Waals surface area (Å²) in [5.41, 5.74) is -1.20. The fourth-order valence-electron chi connectivity index (χ4n) is 8.35. The van der Waals surface area contributed by atoms with Crippen molar-refractivity contribution in [1.82, 2.24) is 0 Å². The van der Waals surface area contributed by atoms with Crippen molar-refractivity contribution >= 4 is 34.6 Å². The van der Waals surface area contributed by atoms with Crippen LogP contribution in [0.2, 0.25) is 0 Å². The minimum atomic E-state index is -1.30. The highest BCUT2D eigenvalue weighted by molar-refractivity contribution is 8.14. The maximum atomic E-state index is 14.1. The van der Waals surface area contributed by atoms with Gasteiger partial charge in [0.25, 0.3) is 0 Å². The summed E-state index contributed by atoms with van der Waals surface area (Å²) in [5.74, 6) is -0.841. The molecule has 8 atom stereocenters. The fraction of sp³-hybridized carbons (Fsp3) is 0.714. The van der Waals surface area contributed by atoms with Gasteiger partial charge < -0.3 is 14.6 Å². The van der Waals surface area contributed by atoms with Gasteiger partial charge in [0, 0.05) is 29.6 Å². The Labute approximate surface area is 216 Å². The molecule has 4 fully saturated rings. The van der Waals surface area contributed by atoms with E-state index in [0.717, 1.165) is 43.0 Å². The van der Waals surface area contributed by atoms with E-state index in [1.165, 1.54) is 0 Å². The summed E-state index contributed by atoms with van der Waals surface area (Å²) in [5, 5.41) is 9.53. The van der Waals surface area contributed by atoms with E-state index in [4.69, 9.17) is 9.47 Å². The Hall–Kier alpha value is -2.09. The lowest BCUT2D eigenvalue weighted by Gasteiger charge is -2.58. The first kappa shape index (κ1) is 25.6. The monoisotopic (exact) mass is 516 g/mol. The first-order chi connectivity index (χ1) is 17.0. The van der Waals surface area contributed by atoms with E-state index >= 15 is 0 Å². The third kappa shape index (κ3) is 3.46. The zero-order valence-electron chi connectivity index (χ0n) is 21.5. The van der Waals surface area contributed by atoms with Crippen molar-refractivity contribution < 1.29 is 33.8 Å². The van der Waals surface area contributed by atoms with Gasteiger partial charge in [-0.15, -0.1) is 0 Å². The molecule has 0 amide bonds. The van der Waals surface area contributed by atoms with Gasteiger partial charge in [-0.3, -0.25) is 19.2 Å². The van der Waals surface area contributed by atoms with Crippen LogP contribution >= 0.6 is 11.8 Å². The molecule has 0 spiro atoms. The Bertz CT molecular complexity index is 1080. The SMILES string of the molecule is CCC(=O)O[C@]1(C(=O)S[C@H]2CCOC2=O)[C@H](C)C[C@H]2[C@@H]3CCC4=CC(=O)C(O)=C[C@]4(C)[C@H]3CC[C@@]21C. The third-order valence-corrected chi connectivity index (χ3v) is 11.4. The fourth-order valence-corrected chi connectivity index (χ4v) is 9.64. The first-order valence-electron chi connectivity index (χ1n) is 13.2. The van der Waals surface area contributed by atoms with E-state index in [1.807, 2.05) is 6.92 Å². The van der Waals surface area contributed by atoms with Gasteiger partial charge in [-0.1, -0.05) is 45.0 Å². The lowest BCUT2D eigenvalue weighted by molar-refractivity contribution is -0.190. The maximum Gasteiger partial charge on any atom is 0.319 e. The number of ether oxygens (including phenoxy) is 2. The van der Waals surface area contributed by atoms with Gasteiger partial charge in [0.2, 0.25) is 10.9 Å². The zero-order valence-corrected chi connectivity index (χ0v) is 22.3. The molecule has 196 valence electrons. The number of carbonyl (C=O) groups is 4. The maximum absolute atomic E-state index is 14.1. The molecule has 1 N–H and O–H groups in total. The van der Waals surface area contributed by atoms with Gasteiger partial charge in [-0.05, 0) is 62.0 Å². The van der Waals surface area contributed by atoms with E-state index in [-0.39, 0.29) is 52.7 Å². The van der Waals surface area contributed by atoms with Crippen molar-refractivity contribution in [3.8, 4) is 0 Å². The second-order valence-electron chi connectivity index (χ2n) is 11.8. The molecule has 36 heavy (non-hydrogen) atoms. The van der Waals surface area contributed by atoms with Crippen LogP contribution in [0.15, 0.2) is 23.5 Å². The molecule has 4 aliphatic carbocycles. The van der Waals surface area contributed by atoms with Crippen LogP contribution in [0.25, 0.3) is 0 Å². The lowest BCUT2D eigenvalue weighted by Crippen LogP contribution is -2.60. The topological polar surface area (TPSA) is 107 Å². The van der Waals surface area contributed by atoms with Gasteiger partial charge in [0.15, 0.2) is 11.4 Å². The summed E-state index contributed by atoms with van der Waals surface area (Å²) in [6, 6.07) is 0. The highest BCUT2D eigenvalue weighted by atomic mass is 32.2. The number of esters is 2. The van der Waals surface area contributed by atoms with Crippen LogP contribution in [0.3, 0.4) is 0 Å². The summed E-state index contributed by atoms with van der Waals surface area (Å²) in [6.07, 6.45) is 7.92. The van der Waals surface area contributed by atoms with Crippen molar-refractivity contribution in [3.63, 3.8) is 0 Å². The standard InChI is InChI=1S/C28H36O7S/c1-5-23(31)35-28(25(33)36-22-9-11-34-24(22)32)15(2)12-19-17-7-6-16-13-20(29)21(30)14-26(16,3)18(17)8-10-27(19,28)4/h13-15,17-19,22,30H,5-12H2,1-4H3/t15-,17-,18+,19+,22+,26+,27+,28+/m1/s1. The van der Waals surface area contributed by atoms with Crippen molar-refractivity contribution in [2.24, 2.45) is 34.5 Å². The van der Waals surface area contributed by atoms with Gasteiger partial charge in [-0.25, -0.2) is 0 Å². The second kappa shape index (κ2) is 8.74. The van der Waals surface area contributed by atoms with Crippen LogP contribution in [0.1, 0.15) is 72.6 Å². The number of aliphatic hydroxyl groups is 1. The van der Waals surface area contributed by atoms with Gasteiger partial charge in [0.05, 0.1) is 6.61 Å². The predicted molar refractivity (Wildman–Crippen MR) is 134 cm³/mol. The Balaban J connectivity index is 1.52. The molecule has 7 nitrogen and oxygen atoms in total. The normalized spacial score (nSPS) is 43.5. The highest BCUT2D eigenvalue weighted by Gasteiger charge is 2.71. The first-order valence-corrected chi connectivity index (χ1v) is 14.1. The number of fused-ring (bicyclic) bond motifs is 5. The summed E-state index contributed by atoms with van der Waals surface area (Å²) in [7, 11) is 0. The quantitative estimate of drug-likeness (QED) is 0.536. The smallest absolute Gasteiger partial charge is 0.319 e. The Morgan fingerprint density at radius 2 is 1.94 bits per heavy atom. The molecule has 1 heterocycles. The predicted octanol–water partition coefficient (Wildman–Crippen LogP) is 4.69. The van der Waals surface area contributed by atoms with Crippen LogP contribution in [0.4, 0.5) is 0 Å². The molecule has 3 saturated carbocycles. The van der Waals surface area contributed by atoms with Gasteiger partial charge in [0.1, 0.15) is 5.25 Å². The number of aliphatic hydroxyl groups excluding tert-OH is 1. The van der Waals surface area contributed by atoms with E-state index in [2.05, 4.69) is 13.8 Å². The number of thioether (sulfide) groups is 1. The molecular formula is C28H36O7S. The van der Waals surface area contributed by atoms with Crippen LogP contribution in [0.5, 0.6) is 0 Å². The summed E-state index contributed by atoms with van der Waals surface area (Å²) in [4.78, 5) is 51.3. The van der Waals surface area contributed by atoms with Crippen LogP contribution in [-0.4, -0.2) is 45.4 Å². The average molecular weight is 517 g/mol. The van der Waals surface area contributed by atoms with Crippen molar-refractivity contribution in [3.05, 3.63) is 23.5 Å². The summed E-state index contributed by atoms with van der Waals surface area (Å²) >= 11 is 0.989. The van der Waals surface area contributed by atoms with Crippen LogP contribution in [-0.2, 0) is 28.7 Å². The molecular weight excluding hydrogens is 480 g/mol. The van der Waals surface area contributed by atoms with Crippen LogP contribution < -0.4 is 0 Å². The average Bonchev–Trinajstić information content (AvgIpc) is 3.33. The minimum absolute atomic E-state index is 0.141. The van der Waals surface area contributed by atoms with Crippen molar-refractivity contribution in [1.29, 1.82) is 0 Å². The Kier molecular flexibility index (Phi) is 6.21. The van der Waals surface area contributed by atoms with Gasteiger partial charge in [-0.2, -0.15) is 0 Å².